The van der Waals surface area contributed by atoms with E-state index < -0.39 is 0 Å². The second kappa shape index (κ2) is 3.09. The highest BCUT2D eigenvalue weighted by Crippen LogP contribution is 2.33. The first-order chi connectivity index (χ1) is 5.86. The molecule has 1 N–H and O–H groups in total. The normalized spacial score (nSPS) is 18.8. The maximum atomic E-state index is 4.16. The van der Waals surface area contributed by atoms with Crippen molar-refractivity contribution in [3.8, 4) is 0 Å². The summed E-state index contributed by atoms with van der Waals surface area (Å²) in [5, 5.41) is 3.33. The number of nitrogens with one attached hydrogen (secondary N) is 1. The molecule has 1 aliphatic carbocycles. The van der Waals surface area contributed by atoms with Crippen LogP contribution in [-0.2, 0) is 0 Å². The minimum Gasteiger partial charge on any atom is -0.366 e. The maximum absolute atomic E-state index is 4.16. The summed E-state index contributed by atoms with van der Waals surface area (Å²) >= 11 is 0. The zero-order valence-corrected chi connectivity index (χ0v) is 7.20. The lowest BCUT2D eigenvalue weighted by Gasteiger charge is -2.11. The van der Waals surface area contributed by atoms with Gasteiger partial charge in [-0.25, -0.2) is 4.98 Å². The molecule has 0 amide bonds. The van der Waals surface area contributed by atoms with E-state index in [-0.39, 0.29) is 0 Å². The molecule has 1 aromatic heterocycles. The van der Waals surface area contributed by atoms with Crippen molar-refractivity contribution in [1.82, 2.24) is 9.97 Å². The number of hydrogen-bond acceptors (Lipinski definition) is 3. The average Bonchev–Trinajstić information content (AvgIpc) is 2.88. The molecule has 1 fully saturated rings. The molecule has 1 saturated carbocycles. The summed E-state index contributed by atoms with van der Waals surface area (Å²) < 4.78 is 0. The Bertz CT molecular complexity index is 243. The maximum Gasteiger partial charge on any atom is 0.144 e. The van der Waals surface area contributed by atoms with Crippen LogP contribution in [0.4, 0.5) is 5.82 Å². The largest absolute Gasteiger partial charge is 0.366 e. The molecule has 2 rings (SSSR count). The van der Waals surface area contributed by atoms with Gasteiger partial charge >= 0.3 is 0 Å². The zero-order valence-electron chi connectivity index (χ0n) is 7.20. The van der Waals surface area contributed by atoms with Crippen molar-refractivity contribution in [3.05, 3.63) is 18.6 Å². The predicted octanol–water partition coefficient (Wildman–Crippen LogP) is 1.69. The fourth-order valence-electron chi connectivity index (χ4n) is 1.32. The molecular weight excluding hydrogens is 150 g/mol. The van der Waals surface area contributed by atoms with Gasteiger partial charge in [-0.1, -0.05) is 0 Å². The van der Waals surface area contributed by atoms with Crippen LogP contribution < -0.4 is 5.32 Å². The molecule has 0 aliphatic heterocycles. The number of anilines is 1. The molecule has 1 heterocycles. The van der Waals surface area contributed by atoms with E-state index in [0.29, 0.717) is 6.04 Å². The summed E-state index contributed by atoms with van der Waals surface area (Å²) in [6.07, 6.45) is 7.87. The third kappa shape index (κ3) is 1.72. The number of hydrogen-bond donors (Lipinski definition) is 1. The van der Waals surface area contributed by atoms with Gasteiger partial charge in [-0.15, -0.1) is 0 Å². The molecule has 0 radical (unpaired) electrons. The van der Waals surface area contributed by atoms with E-state index >= 15 is 0 Å². The van der Waals surface area contributed by atoms with E-state index in [9.17, 15) is 0 Å². The zero-order chi connectivity index (χ0) is 8.39. The van der Waals surface area contributed by atoms with Crippen LogP contribution in [0.1, 0.15) is 19.8 Å². The van der Waals surface area contributed by atoms with E-state index in [2.05, 4.69) is 22.2 Å². The third-order valence-corrected chi connectivity index (χ3v) is 2.27. The van der Waals surface area contributed by atoms with E-state index in [0.717, 1.165) is 11.7 Å². The first-order valence-corrected chi connectivity index (χ1v) is 4.39. The molecule has 0 aromatic carbocycles. The van der Waals surface area contributed by atoms with Gasteiger partial charge in [0.1, 0.15) is 5.82 Å². The van der Waals surface area contributed by atoms with Crippen LogP contribution >= 0.6 is 0 Å². The fraction of sp³-hybridized carbons (Fsp3) is 0.556. The van der Waals surface area contributed by atoms with Crippen molar-refractivity contribution < 1.29 is 0 Å². The van der Waals surface area contributed by atoms with Gasteiger partial charge in [-0.2, -0.15) is 0 Å². The summed E-state index contributed by atoms with van der Waals surface area (Å²) in [4.78, 5) is 8.15. The van der Waals surface area contributed by atoms with Crippen LogP contribution in [-0.4, -0.2) is 16.0 Å². The molecule has 0 saturated heterocycles. The first-order valence-electron chi connectivity index (χ1n) is 4.39. The molecule has 3 heteroatoms. The summed E-state index contributed by atoms with van der Waals surface area (Å²) in [7, 11) is 0. The number of rotatable bonds is 3. The van der Waals surface area contributed by atoms with Gasteiger partial charge in [0.15, 0.2) is 0 Å². The SMILES string of the molecule is CC(Nc1cnccn1)C1CC1. The third-order valence-electron chi connectivity index (χ3n) is 2.27. The molecule has 64 valence electrons. The van der Waals surface area contributed by atoms with Crippen molar-refractivity contribution in [1.29, 1.82) is 0 Å². The molecule has 1 aromatic rings. The van der Waals surface area contributed by atoms with E-state index in [1.165, 1.54) is 12.8 Å². The topological polar surface area (TPSA) is 37.8 Å². The lowest BCUT2D eigenvalue weighted by Crippen LogP contribution is -2.17. The smallest absolute Gasteiger partial charge is 0.144 e. The second-order valence-electron chi connectivity index (χ2n) is 3.36. The summed E-state index contributed by atoms with van der Waals surface area (Å²) in [6.45, 7) is 2.20. The molecule has 0 bridgehead atoms. The van der Waals surface area contributed by atoms with Gasteiger partial charge in [-0.3, -0.25) is 4.98 Å². The van der Waals surface area contributed by atoms with Crippen LogP contribution in [0.15, 0.2) is 18.6 Å². The Kier molecular flexibility index (Phi) is 1.94. The Morgan fingerprint density at radius 2 is 2.33 bits per heavy atom. The van der Waals surface area contributed by atoms with Gasteiger partial charge in [0.05, 0.1) is 6.20 Å². The number of nitrogens with zero attached hydrogens (tertiary/aromatic N) is 2. The van der Waals surface area contributed by atoms with Crippen molar-refractivity contribution in [3.63, 3.8) is 0 Å². The molecular formula is C9H13N3. The first kappa shape index (κ1) is 7.53. The molecule has 1 atom stereocenters. The van der Waals surface area contributed by atoms with Crippen LogP contribution in [0.2, 0.25) is 0 Å². The molecule has 1 aliphatic rings. The van der Waals surface area contributed by atoms with Crippen molar-refractivity contribution in [2.75, 3.05) is 5.32 Å². The van der Waals surface area contributed by atoms with Crippen molar-refractivity contribution in [2.24, 2.45) is 5.92 Å². The predicted molar refractivity (Wildman–Crippen MR) is 47.8 cm³/mol. The standard InChI is InChI=1S/C9H13N3/c1-7(8-2-3-8)12-9-6-10-4-5-11-9/h4-8H,2-3H2,1H3,(H,11,12). The Balaban J connectivity index is 1.94. The van der Waals surface area contributed by atoms with Crippen LogP contribution in [0.5, 0.6) is 0 Å². The lowest BCUT2D eigenvalue weighted by atomic mass is 10.2. The second-order valence-corrected chi connectivity index (χ2v) is 3.36. The van der Waals surface area contributed by atoms with E-state index in [1.54, 1.807) is 18.6 Å². The Morgan fingerprint density at radius 1 is 1.50 bits per heavy atom. The van der Waals surface area contributed by atoms with Crippen molar-refractivity contribution >= 4 is 5.82 Å². The highest BCUT2D eigenvalue weighted by Gasteiger charge is 2.27. The van der Waals surface area contributed by atoms with Gasteiger partial charge in [-0.05, 0) is 25.7 Å². The molecule has 3 nitrogen and oxygen atoms in total. The fourth-order valence-corrected chi connectivity index (χ4v) is 1.32. The van der Waals surface area contributed by atoms with E-state index in [4.69, 9.17) is 0 Å². The number of aromatic nitrogens is 2. The molecule has 12 heavy (non-hydrogen) atoms. The Hall–Kier alpha value is -1.12. The van der Waals surface area contributed by atoms with E-state index in [1.807, 2.05) is 0 Å². The minimum absolute atomic E-state index is 0.543. The van der Waals surface area contributed by atoms with Gasteiger partial charge in [0.2, 0.25) is 0 Å². The van der Waals surface area contributed by atoms with Crippen LogP contribution in [0.25, 0.3) is 0 Å². The Morgan fingerprint density at radius 3 is 2.92 bits per heavy atom. The monoisotopic (exact) mass is 163 g/mol. The lowest BCUT2D eigenvalue weighted by molar-refractivity contribution is 0.690. The van der Waals surface area contributed by atoms with Gasteiger partial charge < -0.3 is 5.32 Å². The quantitative estimate of drug-likeness (QED) is 0.736. The highest BCUT2D eigenvalue weighted by atomic mass is 15.0. The highest BCUT2D eigenvalue weighted by molar-refractivity contribution is 5.31. The van der Waals surface area contributed by atoms with Gasteiger partial charge in [0, 0.05) is 18.4 Å². The average molecular weight is 163 g/mol. The summed E-state index contributed by atoms with van der Waals surface area (Å²) in [6, 6.07) is 0.543. The van der Waals surface area contributed by atoms with Gasteiger partial charge in [0.25, 0.3) is 0 Å². The molecule has 1 unspecified atom stereocenters. The van der Waals surface area contributed by atoms with Crippen molar-refractivity contribution in [2.45, 2.75) is 25.8 Å². The van der Waals surface area contributed by atoms with Crippen LogP contribution in [0.3, 0.4) is 0 Å². The summed E-state index contributed by atoms with van der Waals surface area (Å²) in [5.74, 6) is 1.74. The summed E-state index contributed by atoms with van der Waals surface area (Å²) in [5.41, 5.74) is 0. The van der Waals surface area contributed by atoms with Crippen LogP contribution in [0, 0.1) is 5.92 Å². The minimum atomic E-state index is 0.543. The Labute approximate surface area is 72.2 Å². The molecule has 0 spiro atoms.